The fourth-order valence-electron chi connectivity index (χ4n) is 6.37. The average molecular weight is 744 g/mol. The van der Waals surface area contributed by atoms with Crippen LogP contribution >= 0.6 is 0 Å². The molecule has 0 saturated carbocycles. The minimum atomic E-state index is -5.10. The molecule has 18 heteroatoms. The Bertz CT molecular complexity index is 1780. The maximum Gasteiger partial charge on any atom is 0.416 e. The smallest absolute Gasteiger partial charge is 0.380 e. The molecule has 9 nitrogen and oxygen atoms in total. The molecule has 1 saturated heterocycles. The Morgan fingerprint density at radius 3 is 1.98 bits per heavy atom. The Morgan fingerprint density at radius 2 is 1.44 bits per heavy atom. The number of pyridine rings is 1. The van der Waals surface area contributed by atoms with Crippen molar-refractivity contribution in [1.82, 2.24) is 30.1 Å². The molecule has 1 unspecified atom stereocenters. The van der Waals surface area contributed by atoms with Crippen molar-refractivity contribution in [3.8, 4) is 0 Å². The second-order valence-corrected chi connectivity index (χ2v) is 12.9. The van der Waals surface area contributed by atoms with Crippen molar-refractivity contribution in [2.24, 2.45) is 7.05 Å². The van der Waals surface area contributed by atoms with E-state index in [1.54, 1.807) is 6.20 Å². The number of piperazine rings is 1. The van der Waals surface area contributed by atoms with Crippen LogP contribution in [0.2, 0.25) is 0 Å². The molecule has 0 spiro atoms. The van der Waals surface area contributed by atoms with Crippen LogP contribution in [0.25, 0.3) is 0 Å². The third kappa shape index (κ3) is 9.24. The van der Waals surface area contributed by atoms with Gasteiger partial charge in [0.05, 0.1) is 29.4 Å². The van der Waals surface area contributed by atoms with Crippen LogP contribution in [0, 0.1) is 0 Å². The Balaban J connectivity index is 1.50. The number of halogens is 9. The molecule has 0 bridgehead atoms. The van der Waals surface area contributed by atoms with Crippen LogP contribution in [0.15, 0.2) is 54.7 Å². The van der Waals surface area contributed by atoms with Gasteiger partial charge in [-0.3, -0.25) is 4.90 Å². The zero-order valence-corrected chi connectivity index (χ0v) is 28.8. The van der Waals surface area contributed by atoms with Gasteiger partial charge in [0.1, 0.15) is 0 Å². The van der Waals surface area contributed by atoms with E-state index < -0.39 is 47.3 Å². The average Bonchev–Trinajstić information content (AvgIpc) is 3.50. The molecule has 0 radical (unpaired) electrons. The van der Waals surface area contributed by atoms with E-state index in [0.29, 0.717) is 50.3 Å². The quantitative estimate of drug-likeness (QED) is 0.155. The fourth-order valence-corrected chi connectivity index (χ4v) is 6.37. The van der Waals surface area contributed by atoms with E-state index in [2.05, 4.69) is 35.5 Å². The first kappa shape index (κ1) is 38.6. The number of rotatable bonds is 11. The summed E-state index contributed by atoms with van der Waals surface area (Å²) in [5, 5.41) is 15.1. The number of aryl methyl sites for hydroxylation is 1. The van der Waals surface area contributed by atoms with Crippen molar-refractivity contribution in [2.45, 2.75) is 70.9 Å². The molecule has 282 valence electrons. The lowest BCUT2D eigenvalue weighted by molar-refractivity contribution is -0.143. The van der Waals surface area contributed by atoms with Gasteiger partial charge in [0.2, 0.25) is 0 Å². The van der Waals surface area contributed by atoms with Crippen LogP contribution < -0.4 is 15.1 Å². The molecule has 2 aromatic heterocycles. The van der Waals surface area contributed by atoms with Gasteiger partial charge in [-0.1, -0.05) is 18.1 Å². The zero-order valence-electron chi connectivity index (χ0n) is 28.8. The first-order valence-corrected chi connectivity index (χ1v) is 16.5. The second-order valence-electron chi connectivity index (χ2n) is 12.9. The number of hydrogen-bond acceptors (Lipinski definition) is 8. The van der Waals surface area contributed by atoms with Crippen molar-refractivity contribution in [2.75, 3.05) is 41.3 Å². The lowest BCUT2D eigenvalue weighted by atomic mass is 9.93. The monoisotopic (exact) mass is 743 g/mol. The number of hydrogen-bond donors (Lipinski definition) is 1. The summed E-state index contributed by atoms with van der Waals surface area (Å²) in [5.41, 5.74) is -2.84. The van der Waals surface area contributed by atoms with Crippen LogP contribution in [0.5, 0.6) is 0 Å². The lowest BCUT2D eigenvalue weighted by Crippen LogP contribution is -2.48. The molecule has 2 aromatic carbocycles. The molecule has 1 aliphatic rings. The lowest BCUT2D eigenvalue weighted by Gasteiger charge is -2.41. The zero-order chi connectivity index (χ0) is 38.0. The molecule has 52 heavy (non-hydrogen) atoms. The second kappa shape index (κ2) is 15.2. The van der Waals surface area contributed by atoms with Gasteiger partial charge in [-0.2, -0.15) is 44.3 Å². The number of tetrazole rings is 1. The van der Waals surface area contributed by atoms with Gasteiger partial charge in [0, 0.05) is 57.5 Å². The third-order valence-corrected chi connectivity index (χ3v) is 8.66. The van der Waals surface area contributed by atoms with Crippen molar-refractivity contribution < 1.29 is 39.5 Å². The highest BCUT2D eigenvalue weighted by molar-refractivity contribution is 5.66. The van der Waals surface area contributed by atoms with Gasteiger partial charge in [-0.25, -0.2) is 4.98 Å². The van der Waals surface area contributed by atoms with Crippen LogP contribution in [0.3, 0.4) is 0 Å². The van der Waals surface area contributed by atoms with Crippen molar-refractivity contribution >= 4 is 17.5 Å². The standard InChI is InChI=1S/C34H38F9N9/c1-5-29(50-11-13-51(14-12-50)30-28(45-21(2)3)7-6-10-44-30)27-9-8-24(32(35,36)37)17-23(27)20-52(31-46-48-49(4)47-31)19-22-15-25(33(38,39)40)18-26(16-22)34(41,42)43/h6-10,15-18,21,29,45H,5,11-14,19-20H2,1-4H3. The molecule has 0 amide bonds. The molecule has 1 N–H and O–H groups in total. The normalized spacial score (nSPS) is 15.3. The van der Waals surface area contributed by atoms with Gasteiger partial charge in [0.25, 0.3) is 5.95 Å². The summed E-state index contributed by atoms with van der Waals surface area (Å²) in [6.45, 7) is 7.18. The number of nitrogens with one attached hydrogen (secondary N) is 1. The first-order valence-electron chi connectivity index (χ1n) is 16.5. The summed E-state index contributed by atoms with van der Waals surface area (Å²) in [7, 11) is 1.40. The fraction of sp³-hybridized carbons (Fsp3) is 0.471. The summed E-state index contributed by atoms with van der Waals surface area (Å²) in [6.07, 6.45) is -12.7. The number of benzene rings is 2. The van der Waals surface area contributed by atoms with Crippen molar-refractivity contribution in [3.05, 3.63) is 88.1 Å². The highest BCUT2D eigenvalue weighted by Crippen LogP contribution is 2.39. The molecule has 5 rings (SSSR count). The molecule has 1 atom stereocenters. The molecule has 3 heterocycles. The molecule has 4 aromatic rings. The summed E-state index contributed by atoms with van der Waals surface area (Å²) in [5.74, 6) is 0.592. The molecule has 0 aliphatic carbocycles. The van der Waals surface area contributed by atoms with Crippen molar-refractivity contribution in [1.29, 1.82) is 0 Å². The number of alkyl halides is 9. The van der Waals surface area contributed by atoms with Gasteiger partial charge < -0.3 is 15.1 Å². The van der Waals surface area contributed by atoms with E-state index in [0.717, 1.165) is 28.4 Å². The maximum atomic E-state index is 14.1. The Morgan fingerprint density at radius 1 is 0.808 bits per heavy atom. The molecule has 1 fully saturated rings. The molecular formula is C34H38F9N9. The third-order valence-electron chi connectivity index (χ3n) is 8.66. The highest BCUT2D eigenvalue weighted by Gasteiger charge is 2.38. The van der Waals surface area contributed by atoms with E-state index in [1.807, 2.05) is 32.9 Å². The van der Waals surface area contributed by atoms with Crippen LogP contribution in [0.1, 0.15) is 66.6 Å². The largest absolute Gasteiger partial charge is 0.416 e. The van der Waals surface area contributed by atoms with E-state index in [1.165, 1.54) is 18.0 Å². The summed E-state index contributed by atoms with van der Waals surface area (Å²) in [6, 6.07) is 8.06. The predicted molar refractivity (Wildman–Crippen MR) is 176 cm³/mol. The number of nitrogens with zero attached hydrogens (tertiary/aromatic N) is 8. The molecular weight excluding hydrogens is 705 g/mol. The van der Waals surface area contributed by atoms with Crippen LogP contribution in [-0.4, -0.2) is 62.3 Å². The van der Waals surface area contributed by atoms with Gasteiger partial charge in [-0.15, -0.1) is 5.10 Å². The summed E-state index contributed by atoms with van der Waals surface area (Å²) in [4.78, 5) is 11.1. The number of aromatic nitrogens is 5. The SMILES string of the molecule is CCC(c1ccc(C(F)(F)F)cc1CN(Cc1cc(C(F)(F)F)cc(C(F)(F)F)c1)c1nnn(C)n1)N1CCN(c2ncccc2NC(C)C)CC1. The topological polar surface area (TPSA) is 78.2 Å². The Hall–Kier alpha value is -4.61. The predicted octanol–water partition coefficient (Wildman–Crippen LogP) is 7.96. The minimum absolute atomic E-state index is 0.0143. The highest BCUT2D eigenvalue weighted by atomic mass is 19.4. The van der Waals surface area contributed by atoms with Crippen LogP contribution in [0.4, 0.5) is 57.0 Å². The van der Waals surface area contributed by atoms with Gasteiger partial charge >= 0.3 is 18.5 Å². The minimum Gasteiger partial charge on any atom is -0.380 e. The summed E-state index contributed by atoms with van der Waals surface area (Å²) >= 11 is 0. The Kier molecular flexibility index (Phi) is 11.3. The van der Waals surface area contributed by atoms with Crippen molar-refractivity contribution in [3.63, 3.8) is 0 Å². The van der Waals surface area contributed by atoms with E-state index in [4.69, 9.17) is 0 Å². The number of anilines is 3. The Labute approximate surface area is 294 Å². The van der Waals surface area contributed by atoms with Gasteiger partial charge in [0.15, 0.2) is 5.82 Å². The van der Waals surface area contributed by atoms with Gasteiger partial charge in [-0.05, 0) is 84.6 Å². The van der Waals surface area contributed by atoms with E-state index in [9.17, 15) is 39.5 Å². The van der Waals surface area contributed by atoms with E-state index >= 15 is 0 Å². The maximum absolute atomic E-state index is 14.1. The molecule has 1 aliphatic heterocycles. The first-order chi connectivity index (χ1) is 24.3. The summed E-state index contributed by atoms with van der Waals surface area (Å²) < 4.78 is 125. The van der Waals surface area contributed by atoms with Crippen LogP contribution in [-0.2, 0) is 38.7 Å². The van der Waals surface area contributed by atoms with E-state index in [-0.39, 0.29) is 36.2 Å².